The van der Waals surface area contributed by atoms with Crippen LogP contribution >= 0.6 is 0 Å². The Morgan fingerprint density at radius 2 is 1.89 bits per heavy atom. The van der Waals surface area contributed by atoms with Crippen molar-refractivity contribution in [1.29, 1.82) is 0 Å². The summed E-state index contributed by atoms with van der Waals surface area (Å²) in [6.45, 7) is 1.32. The lowest BCUT2D eigenvalue weighted by Gasteiger charge is -2.15. The number of aliphatic hydroxyl groups excluding tert-OH is 1. The summed E-state index contributed by atoms with van der Waals surface area (Å²) in [5, 5.41) is 17.9. The smallest absolute Gasteiger partial charge is 0.416 e. The van der Waals surface area contributed by atoms with Crippen LogP contribution < -0.4 is 10.1 Å². The van der Waals surface area contributed by atoms with E-state index < -0.39 is 23.8 Å². The number of ether oxygens (including phenoxy) is 1. The molecule has 0 radical (unpaired) electrons. The molecule has 10 heteroatoms. The highest BCUT2D eigenvalue weighted by Crippen LogP contribution is 2.31. The molecule has 2 aromatic carbocycles. The van der Waals surface area contributed by atoms with Crippen molar-refractivity contribution < 1.29 is 27.8 Å². The van der Waals surface area contributed by atoms with Gasteiger partial charge >= 0.3 is 6.18 Å². The average molecular weight is 484 g/mol. The highest BCUT2D eigenvalue weighted by molar-refractivity contribution is 6.07. The molecule has 0 aliphatic heterocycles. The number of carbonyl (C=O) groups is 1. The summed E-state index contributed by atoms with van der Waals surface area (Å²) < 4.78 is 45.4. The number of nitrogens with zero attached hydrogens (tertiary/aromatic N) is 3. The first-order chi connectivity index (χ1) is 16.6. The number of alkyl halides is 3. The molecule has 0 bridgehead atoms. The number of aryl methyl sites for hydroxylation is 2. The quantitative estimate of drug-likeness (QED) is 0.412. The Balaban J connectivity index is 1.48. The van der Waals surface area contributed by atoms with Gasteiger partial charge in [-0.15, -0.1) is 0 Å². The fraction of sp³-hybridized carbons (Fsp3) is 0.240. The highest BCUT2D eigenvalue weighted by atomic mass is 19.4. The van der Waals surface area contributed by atoms with Crippen LogP contribution in [0.2, 0.25) is 0 Å². The zero-order valence-corrected chi connectivity index (χ0v) is 19.0. The SMILES string of the molecule is Cc1nn(C)c2nc(-c3ccccc3)cc(C(=O)NCC(O)COc3cccc(C(F)(F)F)c3)c12. The first-order valence-corrected chi connectivity index (χ1v) is 10.8. The minimum Gasteiger partial charge on any atom is -0.491 e. The molecule has 0 spiro atoms. The second-order valence-corrected chi connectivity index (χ2v) is 8.03. The number of nitrogens with one attached hydrogen (secondary N) is 1. The monoisotopic (exact) mass is 484 g/mol. The van der Waals surface area contributed by atoms with Gasteiger partial charge in [0.05, 0.1) is 27.9 Å². The molecule has 4 aromatic rings. The second-order valence-electron chi connectivity index (χ2n) is 8.03. The average Bonchev–Trinajstić information content (AvgIpc) is 3.14. The van der Waals surface area contributed by atoms with E-state index in [1.54, 1.807) is 24.7 Å². The van der Waals surface area contributed by atoms with E-state index in [0.717, 1.165) is 17.7 Å². The van der Waals surface area contributed by atoms with E-state index in [-0.39, 0.29) is 18.9 Å². The number of aliphatic hydroxyl groups is 1. The zero-order valence-electron chi connectivity index (χ0n) is 19.0. The predicted octanol–water partition coefficient (Wildman–Crippen LogP) is 4.13. The fourth-order valence-corrected chi connectivity index (χ4v) is 3.70. The molecular formula is C25H23F3N4O3. The van der Waals surface area contributed by atoms with Crippen LogP contribution in [0.3, 0.4) is 0 Å². The summed E-state index contributed by atoms with van der Waals surface area (Å²) in [6.07, 6.45) is -5.64. The molecule has 2 aromatic heterocycles. The first kappa shape index (κ1) is 24.2. The third kappa shape index (κ3) is 5.43. The summed E-state index contributed by atoms with van der Waals surface area (Å²) in [4.78, 5) is 17.7. The van der Waals surface area contributed by atoms with Gasteiger partial charge in [-0.25, -0.2) is 4.98 Å². The van der Waals surface area contributed by atoms with Crippen molar-refractivity contribution in [3.05, 3.63) is 77.5 Å². The Morgan fingerprint density at radius 1 is 1.14 bits per heavy atom. The number of hydrogen-bond donors (Lipinski definition) is 2. The Kier molecular flexibility index (Phi) is 6.74. The second kappa shape index (κ2) is 9.75. The lowest BCUT2D eigenvalue weighted by molar-refractivity contribution is -0.137. The maximum Gasteiger partial charge on any atom is 0.416 e. The topological polar surface area (TPSA) is 89.3 Å². The Morgan fingerprint density at radius 3 is 2.60 bits per heavy atom. The van der Waals surface area contributed by atoms with Crippen LogP contribution in [0.5, 0.6) is 5.75 Å². The zero-order chi connectivity index (χ0) is 25.2. The van der Waals surface area contributed by atoms with Crippen molar-refractivity contribution in [2.75, 3.05) is 13.2 Å². The standard InChI is InChI=1S/C25H23F3N4O3/c1-15-22-20(12-21(16-7-4-3-5-8-16)30-23(22)32(2)31-15)24(34)29-13-18(33)14-35-19-10-6-9-17(11-19)25(26,27)28/h3-12,18,33H,13-14H2,1-2H3,(H,29,34). The van der Waals surface area contributed by atoms with Crippen molar-refractivity contribution in [2.24, 2.45) is 7.05 Å². The van der Waals surface area contributed by atoms with E-state index in [1.165, 1.54) is 12.1 Å². The minimum absolute atomic E-state index is 0.0282. The van der Waals surface area contributed by atoms with E-state index in [9.17, 15) is 23.1 Å². The number of carbonyl (C=O) groups excluding carboxylic acids is 1. The summed E-state index contributed by atoms with van der Waals surface area (Å²) in [7, 11) is 1.74. The van der Waals surface area contributed by atoms with Gasteiger partial charge in [0, 0.05) is 19.2 Å². The van der Waals surface area contributed by atoms with E-state index in [0.29, 0.717) is 28.0 Å². The van der Waals surface area contributed by atoms with E-state index in [1.807, 2.05) is 30.3 Å². The molecule has 0 saturated heterocycles. The summed E-state index contributed by atoms with van der Waals surface area (Å²) in [6, 6.07) is 15.4. The maximum absolute atomic E-state index is 13.1. The molecule has 1 unspecified atom stereocenters. The van der Waals surface area contributed by atoms with Gasteiger partial charge in [-0.2, -0.15) is 18.3 Å². The van der Waals surface area contributed by atoms with E-state index in [4.69, 9.17) is 4.74 Å². The van der Waals surface area contributed by atoms with Crippen molar-refractivity contribution in [3.63, 3.8) is 0 Å². The molecule has 0 saturated carbocycles. The van der Waals surface area contributed by atoms with Crippen LogP contribution in [0.15, 0.2) is 60.7 Å². The normalized spacial score (nSPS) is 12.5. The fourth-order valence-electron chi connectivity index (χ4n) is 3.70. The molecule has 0 fully saturated rings. The Bertz CT molecular complexity index is 1350. The van der Waals surface area contributed by atoms with Gasteiger partial charge in [-0.1, -0.05) is 36.4 Å². The van der Waals surface area contributed by atoms with Crippen LogP contribution in [0.25, 0.3) is 22.3 Å². The number of halogens is 3. The third-order valence-electron chi connectivity index (χ3n) is 5.38. The van der Waals surface area contributed by atoms with E-state index in [2.05, 4.69) is 15.4 Å². The lowest BCUT2D eigenvalue weighted by Crippen LogP contribution is -2.35. The molecule has 35 heavy (non-hydrogen) atoms. The number of pyridine rings is 1. The number of rotatable bonds is 7. The molecule has 2 N–H and O–H groups in total. The number of hydrogen-bond acceptors (Lipinski definition) is 5. The van der Waals surface area contributed by atoms with Gasteiger partial charge in [-0.05, 0) is 31.2 Å². The molecule has 0 aliphatic carbocycles. The molecular weight excluding hydrogens is 461 g/mol. The molecule has 7 nitrogen and oxygen atoms in total. The van der Waals surface area contributed by atoms with E-state index >= 15 is 0 Å². The Labute approximate surface area is 199 Å². The summed E-state index contributed by atoms with van der Waals surface area (Å²) >= 11 is 0. The van der Waals surface area contributed by atoms with Crippen LogP contribution in [0.4, 0.5) is 13.2 Å². The van der Waals surface area contributed by atoms with Crippen LogP contribution in [-0.2, 0) is 13.2 Å². The largest absolute Gasteiger partial charge is 0.491 e. The third-order valence-corrected chi connectivity index (χ3v) is 5.38. The molecule has 1 amide bonds. The van der Waals surface area contributed by atoms with Crippen LogP contribution in [-0.4, -0.2) is 45.0 Å². The highest BCUT2D eigenvalue weighted by Gasteiger charge is 2.30. The molecule has 1 atom stereocenters. The summed E-state index contributed by atoms with van der Waals surface area (Å²) in [5.41, 5.74) is 2.11. The minimum atomic E-state index is -4.50. The Hall–Kier alpha value is -3.92. The van der Waals surface area contributed by atoms with Crippen LogP contribution in [0, 0.1) is 6.92 Å². The molecule has 182 valence electrons. The predicted molar refractivity (Wildman–Crippen MR) is 124 cm³/mol. The molecule has 2 heterocycles. The number of benzene rings is 2. The van der Waals surface area contributed by atoms with Gasteiger partial charge in [0.2, 0.25) is 0 Å². The van der Waals surface area contributed by atoms with Crippen molar-refractivity contribution in [1.82, 2.24) is 20.1 Å². The number of fused-ring (bicyclic) bond motifs is 1. The van der Waals surface area contributed by atoms with Crippen molar-refractivity contribution in [3.8, 4) is 17.0 Å². The van der Waals surface area contributed by atoms with Crippen LogP contribution in [0.1, 0.15) is 21.6 Å². The van der Waals surface area contributed by atoms with Gasteiger partial charge in [0.25, 0.3) is 5.91 Å². The number of amides is 1. The van der Waals surface area contributed by atoms with Gasteiger partial charge in [0.1, 0.15) is 18.5 Å². The summed E-state index contributed by atoms with van der Waals surface area (Å²) in [5.74, 6) is -0.469. The number of aromatic nitrogens is 3. The molecule has 4 rings (SSSR count). The molecule has 0 aliphatic rings. The first-order valence-electron chi connectivity index (χ1n) is 10.8. The van der Waals surface area contributed by atoms with Crippen molar-refractivity contribution >= 4 is 16.9 Å². The lowest BCUT2D eigenvalue weighted by atomic mass is 10.0. The van der Waals surface area contributed by atoms with Gasteiger partial charge in [0.15, 0.2) is 5.65 Å². The van der Waals surface area contributed by atoms with Crippen molar-refractivity contribution in [2.45, 2.75) is 19.2 Å². The van der Waals surface area contributed by atoms with Gasteiger partial charge in [-0.3, -0.25) is 9.48 Å². The maximum atomic E-state index is 13.1. The van der Waals surface area contributed by atoms with Gasteiger partial charge < -0.3 is 15.2 Å².